The van der Waals surface area contributed by atoms with Crippen LogP contribution in [0.5, 0.6) is 0 Å². The Labute approximate surface area is 122 Å². The van der Waals surface area contributed by atoms with Gasteiger partial charge in [-0.2, -0.15) is 0 Å². The summed E-state index contributed by atoms with van der Waals surface area (Å²) >= 11 is 2.23. The molecule has 0 heterocycles. The highest BCUT2D eigenvalue weighted by Gasteiger charge is 2.22. The molecule has 1 amide bonds. The molecule has 4 heteroatoms. The molecular formula is C14H19IN2O. The molecule has 1 aliphatic rings. The summed E-state index contributed by atoms with van der Waals surface area (Å²) in [5.41, 5.74) is 6.83. The maximum atomic E-state index is 12.1. The van der Waals surface area contributed by atoms with Crippen LogP contribution < -0.4 is 11.1 Å². The van der Waals surface area contributed by atoms with Gasteiger partial charge in [0.15, 0.2) is 0 Å². The molecule has 0 spiro atoms. The van der Waals surface area contributed by atoms with Crippen molar-refractivity contribution in [2.24, 2.45) is 5.73 Å². The molecule has 1 aliphatic carbocycles. The lowest BCUT2D eigenvalue weighted by atomic mass is 10.0. The Balaban J connectivity index is 1.99. The van der Waals surface area contributed by atoms with Gasteiger partial charge >= 0.3 is 0 Å². The molecule has 1 saturated carbocycles. The van der Waals surface area contributed by atoms with Gasteiger partial charge in [0.2, 0.25) is 0 Å². The van der Waals surface area contributed by atoms with Gasteiger partial charge in [0, 0.05) is 21.2 Å². The van der Waals surface area contributed by atoms with E-state index in [9.17, 15) is 4.79 Å². The fourth-order valence-electron chi connectivity index (χ4n) is 2.37. The van der Waals surface area contributed by atoms with Crippen molar-refractivity contribution in [3.63, 3.8) is 0 Å². The maximum Gasteiger partial charge on any atom is 0.251 e. The van der Waals surface area contributed by atoms with E-state index >= 15 is 0 Å². The number of halogens is 1. The molecule has 2 unspecified atom stereocenters. The largest absolute Gasteiger partial charge is 0.348 e. The van der Waals surface area contributed by atoms with Crippen LogP contribution >= 0.6 is 22.6 Å². The summed E-state index contributed by atoms with van der Waals surface area (Å²) in [6.07, 6.45) is 5.57. The van der Waals surface area contributed by atoms with Crippen molar-refractivity contribution in [3.8, 4) is 0 Å². The Morgan fingerprint density at radius 2 is 1.83 bits per heavy atom. The second-order valence-electron chi connectivity index (χ2n) is 4.89. The first-order valence-electron chi connectivity index (χ1n) is 6.49. The van der Waals surface area contributed by atoms with Crippen LogP contribution in [-0.4, -0.2) is 18.0 Å². The lowest BCUT2D eigenvalue weighted by Crippen LogP contribution is -2.46. The minimum Gasteiger partial charge on any atom is -0.348 e. The molecule has 0 aliphatic heterocycles. The summed E-state index contributed by atoms with van der Waals surface area (Å²) in [6.45, 7) is 0. The summed E-state index contributed by atoms with van der Waals surface area (Å²) < 4.78 is 1.13. The van der Waals surface area contributed by atoms with Gasteiger partial charge in [-0.1, -0.05) is 19.3 Å². The predicted molar refractivity (Wildman–Crippen MR) is 81.5 cm³/mol. The van der Waals surface area contributed by atoms with Crippen molar-refractivity contribution in [1.82, 2.24) is 5.32 Å². The third-order valence-corrected chi connectivity index (χ3v) is 4.21. The number of benzene rings is 1. The van der Waals surface area contributed by atoms with E-state index in [1.807, 2.05) is 24.3 Å². The quantitative estimate of drug-likeness (QED) is 0.631. The van der Waals surface area contributed by atoms with Gasteiger partial charge in [0.25, 0.3) is 5.91 Å². The van der Waals surface area contributed by atoms with Crippen LogP contribution in [0.1, 0.15) is 42.5 Å². The lowest BCUT2D eigenvalue weighted by Gasteiger charge is -2.22. The van der Waals surface area contributed by atoms with Crippen LogP contribution in [0.4, 0.5) is 0 Å². The zero-order chi connectivity index (χ0) is 13.0. The molecule has 1 aromatic rings. The molecular weight excluding hydrogens is 339 g/mol. The number of rotatable bonds is 2. The third kappa shape index (κ3) is 3.68. The average molecular weight is 358 g/mol. The Bertz CT molecular complexity index is 405. The standard InChI is InChI=1S/C14H19IN2O/c15-11-8-6-10(7-9-11)14(18)17-13-5-3-1-2-4-12(13)16/h6-9,12-13H,1-5,16H2,(H,17,18). The maximum absolute atomic E-state index is 12.1. The smallest absolute Gasteiger partial charge is 0.251 e. The zero-order valence-electron chi connectivity index (χ0n) is 10.4. The first-order valence-corrected chi connectivity index (χ1v) is 7.57. The average Bonchev–Trinajstić information content (AvgIpc) is 2.56. The zero-order valence-corrected chi connectivity index (χ0v) is 12.5. The number of amides is 1. The van der Waals surface area contributed by atoms with Gasteiger partial charge < -0.3 is 11.1 Å². The van der Waals surface area contributed by atoms with Crippen LogP contribution in [-0.2, 0) is 0 Å². The number of nitrogens with two attached hydrogens (primary N) is 1. The predicted octanol–water partition coefficient (Wildman–Crippen LogP) is 2.68. The van der Waals surface area contributed by atoms with Crippen molar-refractivity contribution < 1.29 is 4.79 Å². The number of hydrogen-bond donors (Lipinski definition) is 2. The van der Waals surface area contributed by atoms with E-state index in [-0.39, 0.29) is 18.0 Å². The highest BCUT2D eigenvalue weighted by Crippen LogP contribution is 2.17. The van der Waals surface area contributed by atoms with Crippen molar-refractivity contribution in [1.29, 1.82) is 0 Å². The van der Waals surface area contributed by atoms with Gasteiger partial charge in [-0.25, -0.2) is 0 Å². The molecule has 18 heavy (non-hydrogen) atoms. The van der Waals surface area contributed by atoms with Crippen LogP contribution in [0.3, 0.4) is 0 Å². The summed E-state index contributed by atoms with van der Waals surface area (Å²) in [7, 11) is 0. The second-order valence-corrected chi connectivity index (χ2v) is 6.13. The fourth-order valence-corrected chi connectivity index (χ4v) is 2.73. The first kappa shape index (κ1) is 13.8. The number of carbonyl (C=O) groups is 1. The summed E-state index contributed by atoms with van der Waals surface area (Å²) in [6, 6.07) is 7.84. The van der Waals surface area contributed by atoms with E-state index in [0.717, 1.165) is 22.8 Å². The van der Waals surface area contributed by atoms with Gasteiger partial charge in [-0.15, -0.1) is 0 Å². The molecule has 0 saturated heterocycles. The summed E-state index contributed by atoms with van der Waals surface area (Å²) in [5, 5.41) is 3.08. The molecule has 2 rings (SSSR count). The van der Waals surface area contributed by atoms with Crippen LogP contribution in [0.15, 0.2) is 24.3 Å². The van der Waals surface area contributed by atoms with Gasteiger partial charge in [-0.05, 0) is 59.7 Å². The fraction of sp³-hybridized carbons (Fsp3) is 0.500. The van der Waals surface area contributed by atoms with Gasteiger partial charge in [0.1, 0.15) is 0 Å². The first-order chi connectivity index (χ1) is 8.66. The summed E-state index contributed by atoms with van der Waals surface area (Å²) in [5.74, 6) is -0.00579. The second kappa shape index (κ2) is 6.52. The van der Waals surface area contributed by atoms with E-state index < -0.39 is 0 Å². The van der Waals surface area contributed by atoms with Crippen molar-refractivity contribution in [2.45, 2.75) is 44.2 Å². The topological polar surface area (TPSA) is 55.1 Å². The highest BCUT2D eigenvalue weighted by atomic mass is 127. The summed E-state index contributed by atoms with van der Waals surface area (Å²) in [4.78, 5) is 12.1. The van der Waals surface area contributed by atoms with Crippen molar-refractivity contribution in [3.05, 3.63) is 33.4 Å². The SMILES string of the molecule is NC1CCCCCC1NC(=O)c1ccc(I)cc1. The Morgan fingerprint density at radius 1 is 1.17 bits per heavy atom. The van der Waals surface area contributed by atoms with E-state index in [2.05, 4.69) is 27.9 Å². The number of nitrogens with one attached hydrogen (secondary N) is 1. The van der Waals surface area contributed by atoms with Crippen LogP contribution in [0, 0.1) is 3.57 Å². The highest BCUT2D eigenvalue weighted by molar-refractivity contribution is 14.1. The molecule has 0 radical (unpaired) electrons. The minimum atomic E-state index is -0.00579. The van der Waals surface area contributed by atoms with Crippen LogP contribution in [0.25, 0.3) is 0 Å². The molecule has 3 N–H and O–H groups in total. The number of hydrogen-bond acceptors (Lipinski definition) is 2. The molecule has 0 aromatic heterocycles. The number of carbonyl (C=O) groups excluding carboxylic acids is 1. The normalized spacial score (nSPS) is 24.3. The molecule has 1 aromatic carbocycles. The lowest BCUT2D eigenvalue weighted by molar-refractivity contribution is 0.0929. The van der Waals surface area contributed by atoms with E-state index in [1.165, 1.54) is 12.8 Å². The Hall–Kier alpha value is -0.620. The van der Waals surface area contributed by atoms with Crippen molar-refractivity contribution in [2.75, 3.05) is 0 Å². The van der Waals surface area contributed by atoms with Gasteiger partial charge in [-0.3, -0.25) is 4.79 Å². The molecule has 3 nitrogen and oxygen atoms in total. The monoisotopic (exact) mass is 358 g/mol. The van der Waals surface area contributed by atoms with E-state index in [1.54, 1.807) is 0 Å². The molecule has 2 atom stereocenters. The third-order valence-electron chi connectivity index (χ3n) is 3.49. The molecule has 98 valence electrons. The van der Waals surface area contributed by atoms with E-state index in [0.29, 0.717) is 5.56 Å². The Morgan fingerprint density at radius 3 is 2.56 bits per heavy atom. The van der Waals surface area contributed by atoms with Gasteiger partial charge in [0.05, 0.1) is 0 Å². The minimum absolute atomic E-state index is 0.00579. The van der Waals surface area contributed by atoms with Crippen LogP contribution in [0.2, 0.25) is 0 Å². The Kier molecular flexibility index (Phi) is 5.00. The van der Waals surface area contributed by atoms with E-state index in [4.69, 9.17) is 5.73 Å². The van der Waals surface area contributed by atoms with Crippen molar-refractivity contribution >= 4 is 28.5 Å². The molecule has 0 bridgehead atoms. The molecule has 1 fully saturated rings.